The van der Waals surface area contributed by atoms with E-state index in [1.54, 1.807) is 0 Å². The van der Waals surface area contributed by atoms with Crippen molar-refractivity contribution in [2.24, 2.45) is 0 Å². The van der Waals surface area contributed by atoms with Gasteiger partial charge in [-0.15, -0.1) is 0 Å². The second kappa shape index (κ2) is 9.46. The SMILES string of the molecule is N.Nc1ncnc2c1ncn2C1OC(COP(=O)(O)OP(=O)(O)OP(=O)(O)O)C(O)C1O. The smallest absolute Gasteiger partial charge is 0.387 e. The third-order valence-corrected chi connectivity index (χ3v) is 7.62. The number of aliphatic hydroxyl groups is 2. The maximum atomic E-state index is 11.8. The summed E-state index contributed by atoms with van der Waals surface area (Å²) in [6.07, 6.45) is -3.69. The topological polar surface area (TPSA) is 314 Å². The van der Waals surface area contributed by atoms with Crippen LogP contribution in [0.5, 0.6) is 0 Å². The number of aliphatic hydroxyl groups excluding tert-OH is 2. The molecule has 1 saturated heterocycles. The third-order valence-electron chi connectivity index (χ3n) is 3.82. The molecular weight excluding hydrogens is 505 g/mol. The summed E-state index contributed by atoms with van der Waals surface area (Å²) in [7, 11) is -16.7. The lowest BCUT2D eigenvalue weighted by atomic mass is 10.1. The van der Waals surface area contributed by atoms with Crippen LogP contribution in [0.25, 0.3) is 11.2 Å². The highest BCUT2D eigenvalue weighted by Crippen LogP contribution is 2.66. The highest BCUT2D eigenvalue weighted by Gasteiger charge is 2.47. The van der Waals surface area contributed by atoms with Crippen molar-refractivity contribution >= 4 is 40.4 Å². The Hall–Kier alpha value is -1.40. The predicted molar refractivity (Wildman–Crippen MR) is 100 cm³/mol. The molecule has 0 bridgehead atoms. The molecule has 11 N–H and O–H groups in total. The van der Waals surface area contributed by atoms with Crippen molar-refractivity contribution in [2.45, 2.75) is 24.5 Å². The molecule has 0 radical (unpaired) electrons. The maximum absolute atomic E-state index is 11.8. The molecule has 0 amide bonds. The Morgan fingerprint density at radius 1 is 1.03 bits per heavy atom. The fourth-order valence-corrected chi connectivity index (χ4v) is 5.65. The van der Waals surface area contributed by atoms with Gasteiger partial charge in [-0.3, -0.25) is 9.09 Å². The van der Waals surface area contributed by atoms with E-state index >= 15 is 0 Å². The molecule has 1 fully saturated rings. The first-order chi connectivity index (χ1) is 14.2. The van der Waals surface area contributed by atoms with Gasteiger partial charge in [-0.25, -0.2) is 28.6 Å². The zero-order valence-corrected chi connectivity index (χ0v) is 18.3. The minimum atomic E-state index is -5.70. The van der Waals surface area contributed by atoms with Crippen LogP contribution in [0.15, 0.2) is 12.7 Å². The van der Waals surface area contributed by atoms with Crippen molar-refractivity contribution in [1.29, 1.82) is 0 Å². The summed E-state index contributed by atoms with van der Waals surface area (Å²) >= 11 is 0. The van der Waals surface area contributed by atoms with Crippen LogP contribution >= 0.6 is 23.5 Å². The average molecular weight is 524 g/mol. The lowest BCUT2D eigenvalue weighted by molar-refractivity contribution is -0.0503. The van der Waals surface area contributed by atoms with E-state index in [0.717, 1.165) is 6.33 Å². The lowest BCUT2D eigenvalue weighted by Crippen LogP contribution is -2.33. The molecule has 0 aromatic carbocycles. The molecule has 2 aromatic rings. The minimum Gasteiger partial charge on any atom is -0.387 e. The first-order valence-electron chi connectivity index (χ1n) is 7.92. The molecule has 1 aliphatic rings. The summed E-state index contributed by atoms with van der Waals surface area (Å²) in [4.78, 5) is 47.2. The van der Waals surface area contributed by atoms with Crippen LogP contribution in [0.2, 0.25) is 0 Å². The first kappa shape index (κ1) is 26.8. The van der Waals surface area contributed by atoms with Gasteiger partial charge in [0.05, 0.1) is 12.9 Å². The van der Waals surface area contributed by atoms with Gasteiger partial charge in [-0.2, -0.15) is 8.62 Å². The van der Waals surface area contributed by atoms with Gasteiger partial charge in [0.25, 0.3) is 0 Å². The summed E-state index contributed by atoms with van der Waals surface area (Å²) in [5.74, 6) is 0.0426. The average Bonchev–Trinajstić information content (AvgIpc) is 3.13. The van der Waals surface area contributed by atoms with Gasteiger partial charge in [0.15, 0.2) is 17.7 Å². The van der Waals surface area contributed by atoms with Crippen LogP contribution < -0.4 is 11.9 Å². The molecule has 2 aromatic heterocycles. The Kier molecular flexibility index (Phi) is 7.93. The normalized spacial score (nSPS) is 27.6. The van der Waals surface area contributed by atoms with Crippen LogP contribution in [-0.2, 0) is 31.6 Å². The number of phosphoric ester groups is 1. The fraction of sp³-hybridized carbons (Fsp3) is 0.500. The van der Waals surface area contributed by atoms with Gasteiger partial charge in [0.2, 0.25) is 0 Å². The van der Waals surface area contributed by atoms with E-state index in [2.05, 4.69) is 28.1 Å². The largest absolute Gasteiger partial charge is 0.490 e. The first-order valence-corrected chi connectivity index (χ1v) is 12.4. The van der Waals surface area contributed by atoms with Crippen molar-refractivity contribution in [3.63, 3.8) is 0 Å². The Bertz CT molecular complexity index is 1110. The number of nitrogens with zero attached hydrogens (tertiary/aromatic N) is 4. The number of nitrogens with two attached hydrogens (primary N) is 1. The van der Waals surface area contributed by atoms with Gasteiger partial charge in [-0.05, 0) is 0 Å². The molecule has 182 valence electrons. The van der Waals surface area contributed by atoms with E-state index in [1.165, 1.54) is 10.9 Å². The number of rotatable bonds is 8. The number of nitrogen functional groups attached to an aromatic ring is 1. The zero-order chi connectivity index (χ0) is 23.2. The van der Waals surface area contributed by atoms with E-state index in [0.29, 0.717) is 0 Å². The number of phosphoric acid groups is 3. The number of aromatic nitrogens is 4. The molecule has 6 atom stereocenters. The number of anilines is 1. The molecule has 0 aliphatic carbocycles. The predicted octanol–water partition coefficient (Wildman–Crippen LogP) is -1.47. The zero-order valence-electron chi connectivity index (χ0n) is 15.6. The molecule has 3 heterocycles. The van der Waals surface area contributed by atoms with Crippen LogP contribution in [-0.4, -0.2) is 74.2 Å². The number of hydrogen-bond acceptors (Lipinski definition) is 14. The van der Waals surface area contributed by atoms with Gasteiger partial charge in [-0.1, -0.05) is 0 Å². The highest BCUT2D eigenvalue weighted by atomic mass is 31.3. The Morgan fingerprint density at radius 3 is 2.31 bits per heavy atom. The Balaban J connectivity index is 0.00000363. The molecule has 19 nitrogen and oxygen atoms in total. The molecule has 0 spiro atoms. The Labute approximate surface area is 177 Å². The van der Waals surface area contributed by atoms with Gasteiger partial charge >= 0.3 is 23.5 Å². The number of imidazole rings is 1. The van der Waals surface area contributed by atoms with Gasteiger partial charge < -0.3 is 46.4 Å². The highest BCUT2D eigenvalue weighted by molar-refractivity contribution is 7.66. The van der Waals surface area contributed by atoms with Crippen molar-refractivity contribution in [1.82, 2.24) is 25.7 Å². The summed E-state index contributed by atoms with van der Waals surface area (Å²) in [5.41, 5.74) is 6.00. The molecular formula is C10H19N6O13P3. The molecule has 3 rings (SSSR count). The van der Waals surface area contributed by atoms with Crippen LogP contribution in [0.4, 0.5) is 5.82 Å². The van der Waals surface area contributed by atoms with Gasteiger partial charge in [0, 0.05) is 0 Å². The molecule has 1 aliphatic heterocycles. The lowest BCUT2D eigenvalue weighted by Gasteiger charge is -2.19. The van der Waals surface area contributed by atoms with E-state index in [1.807, 2.05) is 0 Å². The van der Waals surface area contributed by atoms with E-state index in [-0.39, 0.29) is 23.1 Å². The summed E-state index contributed by atoms with van der Waals surface area (Å²) in [6.45, 7) is -0.956. The molecule has 6 unspecified atom stereocenters. The van der Waals surface area contributed by atoms with Crippen LogP contribution in [0.1, 0.15) is 6.23 Å². The number of fused-ring (bicyclic) bond motifs is 1. The fourth-order valence-electron chi connectivity index (χ4n) is 2.62. The molecule has 22 heteroatoms. The van der Waals surface area contributed by atoms with Crippen molar-refractivity contribution in [3.8, 4) is 0 Å². The number of ether oxygens (including phenoxy) is 1. The minimum absolute atomic E-state index is 0. The monoisotopic (exact) mass is 524 g/mol. The van der Waals surface area contributed by atoms with Crippen molar-refractivity contribution in [3.05, 3.63) is 12.7 Å². The van der Waals surface area contributed by atoms with E-state index < -0.39 is 54.6 Å². The second-order valence-electron chi connectivity index (χ2n) is 6.02. The molecule has 32 heavy (non-hydrogen) atoms. The number of hydrogen-bond donors (Lipinski definition) is 8. The third kappa shape index (κ3) is 6.13. The van der Waals surface area contributed by atoms with Gasteiger partial charge in [0.1, 0.15) is 30.2 Å². The Morgan fingerprint density at radius 2 is 1.69 bits per heavy atom. The molecule has 0 saturated carbocycles. The van der Waals surface area contributed by atoms with Crippen molar-refractivity contribution < 1.29 is 61.4 Å². The second-order valence-corrected chi connectivity index (χ2v) is 10.4. The summed E-state index contributed by atoms with van der Waals surface area (Å²) in [6, 6.07) is 0. The van der Waals surface area contributed by atoms with Crippen LogP contribution in [0.3, 0.4) is 0 Å². The summed E-state index contributed by atoms with van der Waals surface area (Å²) < 4.78 is 51.9. The maximum Gasteiger partial charge on any atom is 0.490 e. The van der Waals surface area contributed by atoms with E-state index in [4.69, 9.17) is 25.2 Å². The quantitative estimate of drug-likeness (QED) is 0.183. The van der Waals surface area contributed by atoms with Crippen molar-refractivity contribution in [2.75, 3.05) is 12.3 Å². The standard InChI is InChI=1S/C10H16N5O13P3.H3N/c11-8-5-9(13-2-12-8)15(3-14-5)10-7(17)6(16)4(26-10)1-25-30(21,22)28-31(23,24)27-29(18,19)20;/h2-4,6-7,10,16-17H,1H2,(H,21,22)(H,23,24)(H2,11,12,13)(H2,18,19,20);1H3. The van der Waals surface area contributed by atoms with Crippen LogP contribution in [0, 0.1) is 0 Å². The summed E-state index contributed by atoms with van der Waals surface area (Å²) in [5, 5.41) is 20.4. The van der Waals surface area contributed by atoms with E-state index in [9.17, 15) is 28.8 Å².